The van der Waals surface area contributed by atoms with Crippen LogP contribution in [0.25, 0.3) is 5.65 Å². The Morgan fingerprint density at radius 3 is 3.00 bits per heavy atom. The van der Waals surface area contributed by atoms with E-state index in [4.69, 9.17) is 4.74 Å². The Hall–Kier alpha value is -1.51. The molecule has 88 valence electrons. The fourth-order valence-corrected chi connectivity index (χ4v) is 3.25. The summed E-state index contributed by atoms with van der Waals surface area (Å²) >= 11 is 0. The third-order valence-corrected chi connectivity index (χ3v) is 4.26. The van der Waals surface area contributed by atoms with Crippen molar-refractivity contribution >= 4 is 5.65 Å². The van der Waals surface area contributed by atoms with Gasteiger partial charge in [-0.15, -0.1) is 0 Å². The summed E-state index contributed by atoms with van der Waals surface area (Å²) in [6.07, 6.45) is 8.21. The van der Waals surface area contributed by atoms with Gasteiger partial charge in [0.2, 0.25) is 0 Å². The predicted molar refractivity (Wildman–Crippen MR) is 65.2 cm³/mol. The lowest BCUT2D eigenvalue weighted by Crippen LogP contribution is -2.55. The monoisotopic (exact) mass is 228 g/mol. The largest absolute Gasteiger partial charge is 0.493 e. The number of imidazole rings is 1. The van der Waals surface area contributed by atoms with Gasteiger partial charge in [0, 0.05) is 23.9 Å². The first-order chi connectivity index (χ1) is 8.22. The summed E-state index contributed by atoms with van der Waals surface area (Å²) in [6.45, 7) is 2.90. The summed E-state index contributed by atoms with van der Waals surface area (Å²) in [6, 6.07) is 4.05. The van der Waals surface area contributed by atoms with E-state index in [0.29, 0.717) is 5.41 Å². The van der Waals surface area contributed by atoms with Crippen molar-refractivity contribution in [3.63, 3.8) is 0 Å². The van der Waals surface area contributed by atoms with E-state index in [1.807, 2.05) is 35.9 Å². The van der Waals surface area contributed by atoms with Gasteiger partial charge in [-0.2, -0.15) is 0 Å². The Kier molecular flexibility index (Phi) is 1.70. The van der Waals surface area contributed by atoms with Gasteiger partial charge in [-0.25, -0.2) is 4.98 Å². The van der Waals surface area contributed by atoms with E-state index in [-0.39, 0.29) is 0 Å². The third-order valence-electron chi connectivity index (χ3n) is 4.26. The first kappa shape index (κ1) is 9.51. The molecule has 0 aliphatic heterocycles. The summed E-state index contributed by atoms with van der Waals surface area (Å²) in [5, 5.41) is 0. The number of nitrogens with zero attached hydrogens (tertiary/aromatic N) is 2. The highest BCUT2D eigenvalue weighted by Crippen LogP contribution is 2.64. The fourth-order valence-electron chi connectivity index (χ4n) is 3.25. The summed E-state index contributed by atoms with van der Waals surface area (Å²) in [4.78, 5) is 4.45. The predicted octanol–water partition coefficient (Wildman–Crippen LogP) is 2.82. The van der Waals surface area contributed by atoms with Crippen molar-refractivity contribution in [3.05, 3.63) is 30.2 Å². The van der Waals surface area contributed by atoms with E-state index in [0.717, 1.165) is 29.6 Å². The molecule has 3 saturated carbocycles. The van der Waals surface area contributed by atoms with E-state index in [9.17, 15) is 0 Å². The molecule has 0 saturated heterocycles. The van der Waals surface area contributed by atoms with Crippen LogP contribution in [-0.4, -0.2) is 16.0 Å². The van der Waals surface area contributed by atoms with E-state index in [2.05, 4.69) is 4.98 Å². The molecule has 17 heavy (non-hydrogen) atoms. The highest BCUT2D eigenvalue weighted by Gasteiger charge is 2.56. The average molecular weight is 228 g/mol. The molecular weight excluding hydrogens is 212 g/mol. The molecule has 2 bridgehead atoms. The van der Waals surface area contributed by atoms with Crippen molar-refractivity contribution < 1.29 is 4.74 Å². The van der Waals surface area contributed by atoms with Crippen molar-refractivity contribution in [2.24, 2.45) is 11.3 Å². The van der Waals surface area contributed by atoms with Gasteiger partial charge in [-0.3, -0.25) is 0 Å². The number of aryl methyl sites for hydroxylation is 1. The van der Waals surface area contributed by atoms with Crippen LogP contribution in [0.2, 0.25) is 0 Å². The molecular formula is C14H16N2O. The lowest BCUT2D eigenvalue weighted by Gasteiger charge is -2.61. The molecule has 2 aromatic rings. The van der Waals surface area contributed by atoms with Gasteiger partial charge < -0.3 is 9.14 Å². The second kappa shape index (κ2) is 3.03. The van der Waals surface area contributed by atoms with Gasteiger partial charge in [-0.1, -0.05) is 0 Å². The Morgan fingerprint density at radius 1 is 1.47 bits per heavy atom. The van der Waals surface area contributed by atoms with Crippen LogP contribution in [0.15, 0.2) is 24.5 Å². The molecule has 0 aromatic carbocycles. The van der Waals surface area contributed by atoms with Crippen molar-refractivity contribution in [1.82, 2.24) is 9.38 Å². The number of hydrogen-bond donors (Lipinski definition) is 0. The topological polar surface area (TPSA) is 26.5 Å². The SMILES string of the molecule is Cc1cn2ccc(OCC34CC(C3)C4)cc2n1. The van der Waals surface area contributed by atoms with Crippen LogP contribution in [0, 0.1) is 18.3 Å². The highest BCUT2D eigenvalue weighted by atomic mass is 16.5. The molecule has 0 unspecified atom stereocenters. The minimum atomic E-state index is 0.544. The number of fused-ring (bicyclic) bond motifs is 1. The number of aromatic nitrogens is 2. The van der Waals surface area contributed by atoms with Crippen LogP contribution in [0.1, 0.15) is 25.0 Å². The van der Waals surface area contributed by atoms with Crippen LogP contribution < -0.4 is 4.74 Å². The summed E-state index contributed by atoms with van der Waals surface area (Å²) in [7, 11) is 0. The normalized spacial score (nSPS) is 29.8. The van der Waals surface area contributed by atoms with Crippen molar-refractivity contribution in [1.29, 1.82) is 0 Å². The standard InChI is InChI=1S/C14H16N2O/c1-10-8-16-3-2-12(4-13(16)15-10)17-9-14-5-11(6-14)7-14/h2-4,8,11H,5-7,9H2,1H3. The number of pyridine rings is 1. The zero-order valence-corrected chi connectivity index (χ0v) is 10.0. The Labute approximate surface area is 100 Å². The van der Waals surface area contributed by atoms with Gasteiger partial charge in [-0.05, 0) is 38.2 Å². The van der Waals surface area contributed by atoms with Crippen LogP contribution >= 0.6 is 0 Å². The quantitative estimate of drug-likeness (QED) is 0.807. The third kappa shape index (κ3) is 1.38. The average Bonchev–Trinajstić information content (AvgIpc) is 2.52. The first-order valence-electron chi connectivity index (χ1n) is 6.31. The van der Waals surface area contributed by atoms with E-state index in [1.54, 1.807) is 0 Å². The molecule has 0 radical (unpaired) electrons. The summed E-state index contributed by atoms with van der Waals surface area (Å²) < 4.78 is 7.95. The maximum atomic E-state index is 5.91. The Balaban J connectivity index is 1.54. The molecule has 3 aliphatic carbocycles. The number of hydrogen-bond acceptors (Lipinski definition) is 2. The lowest BCUT2D eigenvalue weighted by molar-refractivity contribution is -0.131. The molecule has 3 heteroatoms. The zero-order valence-electron chi connectivity index (χ0n) is 10.0. The summed E-state index contributed by atoms with van der Waals surface area (Å²) in [5.74, 6) is 1.98. The first-order valence-corrected chi connectivity index (χ1v) is 6.31. The van der Waals surface area contributed by atoms with E-state index >= 15 is 0 Å². The molecule has 0 amide bonds. The van der Waals surface area contributed by atoms with Gasteiger partial charge in [0.05, 0.1) is 12.3 Å². The molecule has 2 heterocycles. The highest BCUT2D eigenvalue weighted by molar-refractivity contribution is 5.45. The van der Waals surface area contributed by atoms with Crippen LogP contribution in [-0.2, 0) is 0 Å². The Morgan fingerprint density at radius 2 is 2.29 bits per heavy atom. The summed E-state index contributed by atoms with van der Waals surface area (Å²) in [5.41, 5.74) is 2.56. The maximum absolute atomic E-state index is 5.91. The van der Waals surface area contributed by atoms with Crippen LogP contribution in [0.3, 0.4) is 0 Å². The molecule has 0 spiro atoms. The second-order valence-corrected chi connectivity index (χ2v) is 5.78. The van der Waals surface area contributed by atoms with Gasteiger partial charge in [0.15, 0.2) is 0 Å². The molecule has 0 atom stereocenters. The second-order valence-electron chi connectivity index (χ2n) is 5.78. The van der Waals surface area contributed by atoms with Crippen molar-refractivity contribution in [3.8, 4) is 5.75 Å². The van der Waals surface area contributed by atoms with E-state index < -0.39 is 0 Å². The van der Waals surface area contributed by atoms with Crippen LogP contribution in [0.4, 0.5) is 0 Å². The van der Waals surface area contributed by atoms with Gasteiger partial charge in [0.1, 0.15) is 11.4 Å². The van der Waals surface area contributed by atoms with Crippen molar-refractivity contribution in [2.75, 3.05) is 6.61 Å². The molecule has 3 nitrogen and oxygen atoms in total. The zero-order chi connectivity index (χ0) is 11.5. The fraction of sp³-hybridized carbons (Fsp3) is 0.500. The molecule has 2 aromatic heterocycles. The maximum Gasteiger partial charge on any atom is 0.140 e. The van der Waals surface area contributed by atoms with Gasteiger partial charge in [0.25, 0.3) is 0 Å². The van der Waals surface area contributed by atoms with E-state index in [1.165, 1.54) is 19.3 Å². The van der Waals surface area contributed by atoms with Crippen LogP contribution in [0.5, 0.6) is 5.75 Å². The number of ether oxygens (including phenoxy) is 1. The smallest absolute Gasteiger partial charge is 0.140 e. The van der Waals surface area contributed by atoms with Gasteiger partial charge >= 0.3 is 0 Å². The molecule has 3 aliphatic rings. The lowest BCUT2D eigenvalue weighted by atomic mass is 9.45. The molecule has 5 rings (SSSR count). The minimum Gasteiger partial charge on any atom is -0.493 e. The minimum absolute atomic E-state index is 0.544. The Bertz CT molecular complexity index is 570. The molecule has 0 N–H and O–H groups in total. The van der Waals surface area contributed by atoms with Crippen molar-refractivity contribution in [2.45, 2.75) is 26.2 Å². The number of rotatable bonds is 3. The molecule has 3 fully saturated rings.